The van der Waals surface area contributed by atoms with E-state index >= 15 is 0 Å². The zero-order valence-corrected chi connectivity index (χ0v) is 14.7. The van der Waals surface area contributed by atoms with Gasteiger partial charge < -0.3 is 0 Å². The zero-order valence-electron chi connectivity index (χ0n) is 10.1. The Labute approximate surface area is 131 Å². The van der Waals surface area contributed by atoms with E-state index in [2.05, 4.69) is 11.6 Å². The van der Waals surface area contributed by atoms with Gasteiger partial charge in [0.05, 0.1) is 0 Å². The molecule has 0 saturated heterocycles. The van der Waals surface area contributed by atoms with Gasteiger partial charge in [-0.15, -0.1) is 0 Å². The molecule has 5 heteroatoms. The van der Waals surface area contributed by atoms with Crippen molar-refractivity contribution in [1.29, 1.82) is 0 Å². The molecule has 0 aliphatic carbocycles. The third kappa shape index (κ3) is 3.20. The van der Waals surface area contributed by atoms with Crippen molar-refractivity contribution < 1.29 is 8.78 Å². The molecule has 0 spiro atoms. The molecule has 0 saturated carbocycles. The fourth-order valence-corrected chi connectivity index (χ4v) is 2.34. The van der Waals surface area contributed by atoms with Crippen LogP contribution in [0.1, 0.15) is 11.3 Å². The predicted octanol–water partition coefficient (Wildman–Crippen LogP) is 4.13. The van der Waals surface area contributed by atoms with E-state index in [4.69, 9.17) is 11.6 Å². The fraction of sp³-hybridized carbons (Fsp3) is 0.0714. The molecule has 0 atom stereocenters. The average molecular weight is 472 g/mol. The van der Waals surface area contributed by atoms with Crippen LogP contribution in [-0.4, -0.2) is 30.8 Å². The second-order valence-electron chi connectivity index (χ2n) is 4.14. The molecule has 0 unspecified atom stereocenters. The van der Waals surface area contributed by atoms with Gasteiger partial charge in [0.15, 0.2) is 0 Å². The predicted molar refractivity (Wildman–Crippen MR) is 74.1 cm³/mol. The van der Waals surface area contributed by atoms with Crippen LogP contribution in [0.15, 0.2) is 30.8 Å². The van der Waals surface area contributed by atoms with E-state index in [0.717, 1.165) is 46.2 Å². The number of hydrogen-bond acceptors (Lipinski definition) is 1. The first-order valence-corrected chi connectivity index (χ1v) is 7.75. The van der Waals surface area contributed by atoms with Crippen molar-refractivity contribution >= 4 is 40.5 Å². The molecule has 3 radical (unpaired) electrons. The van der Waals surface area contributed by atoms with Crippen LogP contribution in [-0.2, 0) is 0 Å². The number of hydrogen-bond donors (Lipinski definition) is 0. The average Bonchev–Trinajstić information content (AvgIpc) is 2.33. The Hall–Kier alpha value is -0.818. The SMILES string of the molecule is C=[C]([Pb])c1cc(C)cc(-c2cc(Cl)c(F)cc2F)n1. The first-order valence-electron chi connectivity index (χ1n) is 5.43. The van der Waals surface area contributed by atoms with E-state index in [0.29, 0.717) is 5.69 Å². The van der Waals surface area contributed by atoms with Gasteiger partial charge in [-0.05, 0) is 0 Å². The Morgan fingerprint density at radius 3 is 2.53 bits per heavy atom. The molecule has 1 nitrogen and oxygen atoms in total. The first-order chi connectivity index (χ1) is 8.88. The Morgan fingerprint density at radius 2 is 1.89 bits per heavy atom. The summed E-state index contributed by atoms with van der Waals surface area (Å²) in [5, 5.41) is -0.119. The Morgan fingerprint density at radius 1 is 1.21 bits per heavy atom. The van der Waals surface area contributed by atoms with Crippen molar-refractivity contribution in [3.05, 3.63) is 58.8 Å². The molecule has 19 heavy (non-hydrogen) atoms. The monoisotopic (exact) mass is 472 g/mol. The van der Waals surface area contributed by atoms with Crippen molar-refractivity contribution in [2.45, 2.75) is 6.92 Å². The van der Waals surface area contributed by atoms with Crippen LogP contribution in [0, 0.1) is 18.6 Å². The van der Waals surface area contributed by atoms with Crippen LogP contribution in [0.4, 0.5) is 8.78 Å². The molecule has 1 aromatic heterocycles. The van der Waals surface area contributed by atoms with Crippen LogP contribution in [0.5, 0.6) is 0 Å². The summed E-state index contributed by atoms with van der Waals surface area (Å²) in [5.74, 6) is -1.45. The quantitative estimate of drug-likeness (QED) is 0.474. The molecule has 2 aromatic rings. The summed E-state index contributed by atoms with van der Waals surface area (Å²) in [7, 11) is 0. The second-order valence-corrected chi connectivity index (χ2v) is 6.89. The summed E-state index contributed by atoms with van der Waals surface area (Å²) in [6.45, 7) is 5.77. The second kappa shape index (κ2) is 5.66. The standard InChI is InChI=1S/C14H9ClF2N.Pb/c1-3-9-4-8(2)5-14(18-9)10-6-11(15)13(17)7-12(10)16;/h4-7H,1H2,2H3;. The summed E-state index contributed by atoms with van der Waals surface area (Å²) < 4.78 is 27.9. The van der Waals surface area contributed by atoms with E-state index in [9.17, 15) is 8.78 Å². The van der Waals surface area contributed by atoms with Crippen molar-refractivity contribution in [3.63, 3.8) is 0 Å². The summed E-state index contributed by atoms with van der Waals surface area (Å²) in [6.07, 6.45) is 0. The van der Waals surface area contributed by atoms with Crippen LogP contribution in [0.2, 0.25) is 5.02 Å². The van der Waals surface area contributed by atoms with Gasteiger partial charge in [-0.3, -0.25) is 0 Å². The van der Waals surface area contributed by atoms with Crippen LogP contribution in [0.25, 0.3) is 14.4 Å². The molecular weight excluding hydrogens is 463 g/mol. The number of aryl methyl sites for hydroxylation is 1. The van der Waals surface area contributed by atoms with Gasteiger partial charge in [-0.2, -0.15) is 0 Å². The van der Waals surface area contributed by atoms with Gasteiger partial charge in [0.25, 0.3) is 0 Å². The maximum atomic E-state index is 13.8. The van der Waals surface area contributed by atoms with E-state index in [-0.39, 0.29) is 10.6 Å². The van der Waals surface area contributed by atoms with Gasteiger partial charge in [-0.1, -0.05) is 0 Å². The number of benzene rings is 1. The summed E-state index contributed by atoms with van der Waals surface area (Å²) >= 11 is 6.47. The molecule has 0 aliphatic rings. The number of nitrogens with zero attached hydrogens (tertiary/aromatic N) is 1. The van der Waals surface area contributed by atoms with Crippen LogP contribution in [0.3, 0.4) is 0 Å². The topological polar surface area (TPSA) is 12.9 Å². The minimum atomic E-state index is -0.775. The molecule has 0 N–H and O–H groups in total. The van der Waals surface area contributed by atoms with Crippen molar-refractivity contribution in [1.82, 2.24) is 4.98 Å². The zero-order chi connectivity index (χ0) is 14.2. The van der Waals surface area contributed by atoms with E-state index in [1.807, 2.05) is 13.0 Å². The minimum absolute atomic E-state index is 0.119. The number of halogens is 3. The molecule has 2 rings (SSSR count). The fourth-order valence-electron chi connectivity index (χ4n) is 1.68. The summed E-state index contributed by atoms with van der Waals surface area (Å²) in [6, 6.07) is 5.66. The number of aromatic nitrogens is 1. The number of pyridine rings is 1. The third-order valence-electron chi connectivity index (χ3n) is 2.56. The third-order valence-corrected chi connectivity index (χ3v) is 3.85. The van der Waals surface area contributed by atoms with Crippen molar-refractivity contribution in [2.24, 2.45) is 0 Å². The molecule has 1 aromatic carbocycles. The van der Waals surface area contributed by atoms with Crippen LogP contribution < -0.4 is 0 Å². The van der Waals surface area contributed by atoms with E-state index < -0.39 is 11.6 Å². The Balaban J connectivity index is 2.65. The summed E-state index contributed by atoms with van der Waals surface area (Å²) in [5.41, 5.74) is 2.31. The van der Waals surface area contributed by atoms with Crippen LogP contribution >= 0.6 is 11.6 Å². The van der Waals surface area contributed by atoms with Gasteiger partial charge in [0, 0.05) is 0 Å². The molecule has 0 aliphatic heterocycles. The normalized spacial score (nSPS) is 10.6. The maximum absolute atomic E-state index is 13.8. The number of rotatable bonds is 2. The van der Waals surface area contributed by atoms with Gasteiger partial charge >= 0.3 is 131 Å². The van der Waals surface area contributed by atoms with E-state index in [1.54, 1.807) is 6.07 Å². The van der Waals surface area contributed by atoms with Gasteiger partial charge in [-0.25, -0.2) is 0 Å². The molecule has 95 valence electrons. The molecule has 0 bridgehead atoms. The van der Waals surface area contributed by atoms with Gasteiger partial charge in [0.2, 0.25) is 0 Å². The Kier molecular flexibility index (Phi) is 4.35. The molecule has 0 amide bonds. The summed E-state index contributed by atoms with van der Waals surface area (Å²) in [4.78, 5) is 4.35. The Bertz CT molecular complexity index is 671. The first kappa shape index (κ1) is 14.6. The van der Waals surface area contributed by atoms with E-state index in [1.165, 1.54) is 6.07 Å². The van der Waals surface area contributed by atoms with Crippen molar-refractivity contribution in [2.75, 3.05) is 0 Å². The molecule has 0 fully saturated rings. The van der Waals surface area contributed by atoms with Gasteiger partial charge in [0.1, 0.15) is 0 Å². The molecular formula is C14H9ClF2NPb. The molecule has 1 heterocycles. The van der Waals surface area contributed by atoms with Crippen molar-refractivity contribution in [3.8, 4) is 11.3 Å².